The third-order valence-electron chi connectivity index (χ3n) is 2.45. The molecule has 0 aliphatic carbocycles. The molecule has 0 amide bonds. The van der Waals surface area contributed by atoms with E-state index in [9.17, 15) is 0 Å². The SMILES string of the molecule is COc1c(CC(C)N)cc(Cl)c(C)c1OC. The van der Waals surface area contributed by atoms with Crippen LogP contribution in [0.3, 0.4) is 0 Å². The largest absolute Gasteiger partial charge is 0.493 e. The molecule has 0 aliphatic heterocycles. The first-order chi connectivity index (χ1) is 7.51. The quantitative estimate of drug-likeness (QED) is 0.884. The van der Waals surface area contributed by atoms with Gasteiger partial charge in [-0.1, -0.05) is 11.6 Å². The Morgan fingerprint density at radius 2 is 1.88 bits per heavy atom. The second kappa shape index (κ2) is 5.41. The van der Waals surface area contributed by atoms with Gasteiger partial charge < -0.3 is 15.2 Å². The van der Waals surface area contributed by atoms with E-state index < -0.39 is 0 Å². The molecule has 1 rings (SSSR count). The number of rotatable bonds is 4. The van der Waals surface area contributed by atoms with Crippen LogP contribution in [0.2, 0.25) is 5.02 Å². The summed E-state index contributed by atoms with van der Waals surface area (Å²) < 4.78 is 10.7. The van der Waals surface area contributed by atoms with Gasteiger partial charge in [-0.25, -0.2) is 0 Å². The Bertz CT molecular complexity index is 378. The average molecular weight is 244 g/mol. The van der Waals surface area contributed by atoms with Crippen LogP contribution in [0.25, 0.3) is 0 Å². The number of methoxy groups -OCH3 is 2. The number of nitrogens with two attached hydrogens (primary N) is 1. The van der Waals surface area contributed by atoms with Gasteiger partial charge in [-0.15, -0.1) is 0 Å². The second-order valence-electron chi connectivity index (χ2n) is 3.89. The molecule has 0 radical (unpaired) electrons. The highest BCUT2D eigenvalue weighted by atomic mass is 35.5. The first kappa shape index (κ1) is 13.1. The second-order valence-corrected chi connectivity index (χ2v) is 4.30. The van der Waals surface area contributed by atoms with Crippen LogP contribution in [0.5, 0.6) is 11.5 Å². The lowest BCUT2D eigenvalue weighted by Gasteiger charge is -2.17. The van der Waals surface area contributed by atoms with Crippen molar-refractivity contribution >= 4 is 11.6 Å². The standard InChI is InChI=1S/C12H18ClNO2/c1-7(14)5-9-6-10(13)8(2)11(15-3)12(9)16-4/h6-7H,5,14H2,1-4H3. The van der Waals surface area contributed by atoms with Gasteiger partial charge in [-0.05, 0) is 26.3 Å². The maximum atomic E-state index is 6.13. The van der Waals surface area contributed by atoms with Crippen LogP contribution in [0.1, 0.15) is 18.1 Å². The van der Waals surface area contributed by atoms with Crippen LogP contribution in [0.4, 0.5) is 0 Å². The Morgan fingerprint density at radius 3 is 2.31 bits per heavy atom. The van der Waals surface area contributed by atoms with Crippen molar-refractivity contribution in [1.29, 1.82) is 0 Å². The zero-order valence-corrected chi connectivity index (χ0v) is 10.9. The zero-order valence-electron chi connectivity index (χ0n) is 10.1. The molecule has 0 saturated heterocycles. The van der Waals surface area contributed by atoms with Gasteiger partial charge in [-0.2, -0.15) is 0 Å². The van der Waals surface area contributed by atoms with Gasteiger partial charge in [0.25, 0.3) is 0 Å². The molecule has 0 bridgehead atoms. The highest BCUT2D eigenvalue weighted by Gasteiger charge is 2.16. The predicted octanol–water partition coefficient (Wildman–Crippen LogP) is 2.56. The maximum absolute atomic E-state index is 6.13. The molecule has 90 valence electrons. The third kappa shape index (κ3) is 2.60. The number of ether oxygens (including phenoxy) is 2. The summed E-state index contributed by atoms with van der Waals surface area (Å²) in [7, 11) is 3.23. The van der Waals surface area contributed by atoms with Gasteiger partial charge in [0.2, 0.25) is 0 Å². The molecular formula is C12H18ClNO2. The van der Waals surface area contributed by atoms with Crippen LogP contribution >= 0.6 is 11.6 Å². The summed E-state index contributed by atoms with van der Waals surface area (Å²) in [5.74, 6) is 1.41. The molecular weight excluding hydrogens is 226 g/mol. The first-order valence-electron chi connectivity index (χ1n) is 5.16. The Morgan fingerprint density at radius 1 is 1.31 bits per heavy atom. The van der Waals surface area contributed by atoms with Gasteiger partial charge in [0.1, 0.15) is 0 Å². The van der Waals surface area contributed by atoms with E-state index in [0.29, 0.717) is 17.2 Å². The fraction of sp³-hybridized carbons (Fsp3) is 0.500. The van der Waals surface area contributed by atoms with Crippen molar-refractivity contribution in [3.63, 3.8) is 0 Å². The van der Waals surface area contributed by atoms with Gasteiger partial charge >= 0.3 is 0 Å². The molecule has 3 nitrogen and oxygen atoms in total. The molecule has 0 spiro atoms. The topological polar surface area (TPSA) is 44.5 Å². The van der Waals surface area contributed by atoms with Crippen molar-refractivity contribution in [2.45, 2.75) is 26.3 Å². The number of halogens is 1. The summed E-state index contributed by atoms with van der Waals surface area (Å²) in [6, 6.07) is 1.94. The molecule has 0 heterocycles. The van der Waals surface area contributed by atoms with E-state index in [1.54, 1.807) is 14.2 Å². The van der Waals surface area contributed by atoms with Crippen molar-refractivity contribution in [2.24, 2.45) is 5.73 Å². The van der Waals surface area contributed by atoms with E-state index in [0.717, 1.165) is 16.9 Å². The summed E-state index contributed by atoms with van der Waals surface area (Å²) in [5, 5.41) is 0.674. The van der Waals surface area contributed by atoms with E-state index in [2.05, 4.69) is 0 Å². The van der Waals surface area contributed by atoms with Crippen molar-refractivity contribution in [1.82, 2.24) is 0 Å². The third-order valence-corrected chi connectivity index (χ3v) is 2.84. The van der Waals surface area contributed by atoms with E-state index in [1.165, 1.54) is 0 Å². The normalized spacial score (nSPS) is 12.4. The lowest BCUT2D eigenvalue weighted by atomic mass is 10.0. The molecule has 0 fully saturated rings. The molecule has 1 unspecified atom stereocenters. The van der Waals surface area contributed by atoms with E-state index >= 15 is 0 Å². The van der Waals surface area contributed by atoms with Crippen LogP contribution in [0.15, 0.2) is 6.07 Å². The lowest BCUT2D eigenvalue weighted by molar-refractivity contribution is 0.349. The minimum absolute atomic E-state index is 0.0531. The van der Waals surface area contributed by atoms with Gasteiger partial charge in [0.15, 0.2) is 11.5 Å². The summed E-state index contributed by atoms with van der Waals surface area (Å²) in [5.41, 5.74) is 7.65. The Balaban J connectivity index is 3.31. The molecule has 2 N–H and O–H groups in total. The number of benzene rings is 1. The number of hydrogen-bond donors (Lipinski definition) is 1. The Kier molecular flexibility index (Phi) is 4.44. The summed E-state index contributed by atoms with van der Waals surface area (Å²) in [4.78, 5) is 0. The number of hydrogen-bond acceptors (Lipinski definition) is 3. The van der Waals surface area contributed by atoms with Crippen molar-refractivity contribution < 1.29 is 9.47 Å². The summed E-state index contributed by atoms with van der Waals surface area (Å²) >= 11 is 6.13. The smallest absolute Gasteiger partial charge is 0.165 e. The molecule has 1 aromatic rings. The van der Waals surface area contributed by atoms with Crippen molar-refractivity contribution in [2.75, 3.05) is 14.2 Å². The fourth-order valence-electron chi connectivity index (χ4n) is 1.72. The monoisotopic (exact) mass is 243 g/mol. The molecule has 4 heteroatoms. The van der Waals surface area contributed by atoms with Crippen molar-refractivity contribution in [3.05, 3.63) is 22.2 Å². The van der Waals surface area contributed by atoms with Crippen LogP contribution in [-0.4, -0.2) is 20.3 Å². The zero-order chi connectivity index (χ0) is 12.3. The summed E-state index contributed by atoms with van der Waals surface area (Å²) in [6.45, 7) is 3.85. The molecule has 0 aliphatic rings. The lowest BCUT2D eigenvalue weighted by Crippen LogP contribution is -2.18. The Hall–Kier alpha value is -0.930. The Labute approximate surface area is 101 Å². The molecule has 1 aromatic carbocycles. The highest BCUT2D eigenvalue weighted by molar-refractivity contribution is 6.31. The highest BCUT2D eigenvalue weighted by Crippen LogP contribution is 2.39. The maximum Gasteiger partial charge on any atom is 0.165 e. The first-order valence-corrected chi connectivity index (χ1v) is 5.54. The van der Waals surface area contributed by atoms with Crippen LogP contribution < -0.4 is 15.2 Å². The van der Waals surface area contributed by atoms with Crippen molar-refractivity contribution in [3.8, 4) is 11.5 Å². The van der Waals surface area contributed by atoms with Crippen LogP contribution in [-0.2, 0) is 6.42 Å². The predicted molar refractivity (Wildman–Crippen MR) is 66.6 cm³/mol. The molecule has 0 aromatic heterocycles. The molecule has 1 atom stereocenters. The molecule has 16 heavy (non-hydrogen) atoms. The summed E-state index contributed by atoms with van der Waals surface area (Å²) in [6.07, 6.45) is 0.708. The van der Waals surface area contributed by atoms with Crippen LogP contribution in [0, 0.1) is 6.92 Å². The average Bonchev–Trinajstić information content (AvgIpc) is 2.21. The van der Waals surface area contributed by atoms with Gasteiger partial charge in [-0.3, -0.25) is 0 Å². The fourth-order valence-corrected chi connectivity index (χ4v) is 1.94. The van der Waals surface area contributed by atoms with E-state index in [1.807, 2.05) is 19.9 Å². The van der Waals surface area contributed by atoms with Gasteiger partial charge in [0.05, 0.1) is 14.2 Å². The van der Waals surface area contributed by atoms with E-state index in [-0.39, 0.29) is 6.04 Å². The van der Waals surface area contributed by atoms with E-state index in [4.69, 9.17) is 26.8 Å². The molecule has 0 saturated carbocycles. The minimum Gasteiger partial charge on any atom is -0.493 e. The minimum atomic E-state index is 0.0531. The van der Waals surface area contributed by atoms with Gasteiger partial charge in [0, 0.05) is 22.2 Å².